The minimum absolute atomic E-state index is 0.527. The molecule has 2 unspecified atom stereocenters. The first-order valence-electron chi connectivity index (χ1n) is 7.51. The highest BCUT2D eigenvalue weighted by molar-refractivity contribution is 9.13. The van der Waals surface area contributed by atoms with E-state index in [9.17, 15) is 0 Å². The van der Waals surface area contributed by atoms with E-state index >= 15 is 0 Å². The van der Waals surface area contributed by atoms with Crippen LogP contribution in [0.2, 0.25) is 0 Å². The first-order chi connectivity index (χ1) is 9.67. The van der Waals surface area contributed by atoms with Crippen LogP contribution in [0.5, 0.6) is 0 Å². The van der Waals surface area contributed by atoms with Gasteiger partial charge in [-0.2, -0.15) is 0 Å². The summed E-state index contributed by atoms with van der Waals surface area (Å²) in [4.78, 5) is 2.64. The standard InChI is InChI=1S/C16H24Br2N2/c1-3-20-9-5-4-6-13(11-19-2)16(20)12-7-8-14(17)15(18)10-12/h7-8,10,13,16,19H,3-6,9,11H2,1-2H3. The van der Waals surface area contributed by atoms with E-state index in [1.807, 2.05) is 0 Å². The zero-order chi connectivity index (χ0) is 14.5. The van der Waals surface area contributed by atoms with Crippen molar-refractivity contribution in [3.05, 3.63) is 32.7 Å². The minimum Gasteiger partial charge on any atom is -0.319 e. The fraction of sp³-hybridized carbons (Fsp3) is 0.625. The molecule has 1 aliphatic heterocycles. The van der Waals surface area contributed by atoms with Crippen LogP contribution in [0.4, 0.5) is 0 Å². The smallest absolute Gasteiger partial charge is 0.0388 e. The van der Waals surface area contributed by atoms with Crippen LogP contribution in [0, 0.1) is 5.92 Å². The second-order valence-electron chi connectivity index (χ2n) is 5.56. The van der Waals surface area contributed by atoms with Crippen molar-refractivity contribution in [3.8, 4) is 0 Å². The summed E-state index contributed by atoms with van der Waals surface area (Å²) in [5, 5.41) is 3.39. The van der Waals surface area contributed by atoms with Gasteiger partial charge in [-0.25, -0.2) is 0 Å². The third kappa shape index (κ3) is 3.85. The van der Waals surface area contributed by atoms with Crippen LogP contribution in [-0.2, 0) is 0 Å². The maximum absolute atomic E-state index is 3.65. The Labute approximate surface area is 139 Å². The zero-order valence-electron chi connectivity index (χ0n) is 12.3. The fourth-order valence-electron chi connectivity index (χ4n) is 3.33. The summed E-state index contributed by atoms with van der Waals surface area (Å²) < 4.78 is 2.28. The number of hydrogen-bond acceptors (Lipinski definition) is 2. The van der Waals surface area contributed by atoms with Crippen LogP contribution in [0.25, 0.3) is 0 Å². The predicted molar refractivity (Wildman–Crippen MR) is 93.1 cm³/mol. The van der Waals surface area contributed by atoms with E-state index in [0.717, 1.165) is 22.0 Å². The molecule has 1 aromatic rings. The number of rotatable bonds is 4. The number of nitrogens with zero attached hydrogens (tertiary/aromatic N) is 1. The molecule has 1 aliphatic rings. The quantitative estimate of drug-likeness (QED) is 0.790. The topological polar surface area (TPSA) is 15.3 Å². The molecule has 2 nitrogen and oxygen atoms in total. The van der Waals surface area contributed by atoms with Crippen molar-refractivity contribution in [1.29, 1.82) is 0 Å². The average Bonchev–Trinajstić information content (AvgIpc) is 2.64. The Kier molecular flexibility index (Phi) is 6.53. The fourth-order valence-corrected chi connectivity index (χ4v) is 3.97. The van der Waals surface area contributed by atoms with E-state index in [2.05, 4.69) is 74.2 Å². The molecule has 0 aromatic heterocycles. The van der Waals surface area contributed by atoms with Gasteiger partial charge in [0.15, 0.2) is 0 Å². The van der Waals surface area contributed by atoms with E-state index < -0.39 is 0 Å². The molecule has 112 valence electrons. The Bertz CT molecular complexity index is 436. The summed E-state index contributed by atoms with van der Waals surface area (Å²) in [6.07, 6.45) is 3.98. The van der Waals surface area contributed by atoms with Gasteiger partial charge in [-0.3, -0.25) is 4.90 Å². The Morgan fingerprint density at radius 2 is 2.05 bits per heavy atom. The second-order valence-corrected chi connectivity index (χ2v) is 7.27. The summed E-state index contributed by atoms with van der Waals surface area (Å²) in [7, 11) is 2.07. The van der Waals surface area contributed by atoms with Gasteiger partial charge in [0.2, 0.25) is 0 Å². The molecule has 0 aliphatic carbocycles. The highest BCUT2D eigenvalue weighted by Crippen LogP contribution is 2.37. The molecule has 0 radical (unpaired) electrons. The van der Waals surface area contributed by atoms with Crippen LogP contribution in [0.15, 0.2) is 27.1 Å². The first kappa shape index (κ1) is 16.5. The van der Waals surface area contributed by atoms with Gasteiger partial charge in [0.1, 0.15) is 0 Å². The molecule has 2 rings (SSSR count). The molecule has 2 atom stereocenters. The highest BCUT2D eigenvalue weighted by atomic mass is 79.9. The number of nitrogens with one attached hydrogen (secondary N) is 1. The molecular formula is C16H24Br2N2. The molecule has 0 bridgehead atoms. The maximum atomic E-state index is 3.65. The van der Waals surface area contributed by atoms with E-state index in [4.69, 9.17) is 0 Å². The molecule has 1 fully saturated rings. The van der Waals surface area contributed by atoms with Crippen molar-refractivity contribution in [2.45, 2.75) is 32.2 Å². The van der Waals surface area contributed by atoms with Gasteiger partial charge in [-0.15, -0.1) is 0 Å². The molecule has 0 spiro atoms. The van der Waals surface area contributed by atoms with Crippen molar-refractivity contribution in [3.63, 3.8) is 0 Å². The number of halogens is 2. The van der Waals surface area contributed by atoms with Crippen LogP contribution < -0.4 is 5.32 Å². The van der Waals surface area contributed by atoms with Crippen molar-refractivity contribution in [2.24, 2.45) is 5.92 Å². The van der Waals surface area contributed by atoms with E-state index in [-0.39, 0.29) is 0 Å². The summed E-state index contributed by atoms with van der Waals surface area (Å²) in [5.74, 6) is 0.690. The third-order valence-electron chi connectivity index (χ3n) is 4.27. The molecule has 0 saturated carbocycles. The van der Waals surface area contributed by atoms with Gasteiger partial charge >= 0.3 is 0 Å². The van der Waals surface area contributed by atoms with Gasteiger partial charge in [-0.1, -0.05) is 19.4 Å². The molecule has 20 heavy (non-hydrogen) atoms. The molecule has 4 heteroatoms. The van der Waals surface area contributed by atoms with Gasteiger partial charge in [0.25, 0.3) is 0 Å². The summed E-state index contributed by atoms with van der Waals surface area (Å²) in [6, 6.07) is 7.25. The number of likely N-dealkylation sites (tertiary alicyclic amines) is 1. The highest BCUT2D eigenvalue weighted by Gasteiger charge is 2.30. The Morgan fingerprint density at radius 1 is 1.25 bits per heavy atom. The average molecular weight is 404 g/mol. The van der Waals surface area contributed by atoms with Gasteiger partial charge < -0.3 is 5.32 Å². The van der Waals surface area contributed by atoms with Gasteiger partial charge in [-0.05, 0) is 95.0 Å². The van der Waals surface area contributed by atoms with Crippen LogP contribution in [-0.4, -0.2) is 31.6 Å². The summed E-state index contributed by atoms with van der Waals surface area (Å²) >= 11 is 7.23. The lowest BCUT2D eigenvalue weighted by molar-refractivity contribution is 0.162. The van der Waals surface area contributed by atoms with Crippen molar-refractivity contribution in [1.82, 2.24) is 10.2 Å². The zero-order valence-corrected chi connectivity index (χ0v) is 15.5. The lowest BCUT2D eigenvalue weighted by Crippen LogP contribution is -2.36. The summed E-state index contributed by atoms with van der Waals surface area (Å²) in [5.41, 5.74) is 1.43. The predicted octanol–water partition coefficient (Wildman–Crippen LogP) is 4.59. The Balaban J connectivity index is 2.34. The lowest BCUT2D eigenvalue weighted by Gasteiger charge is -2.35. The van der Waals surface area contributed by atoms with Crippen LogP contribution in [0.3, 0.4) is 0 Å². The summed E-state index contributed by atoms with van der Waals surface area (Å²) in [6.45, 7) is 5.71. The molecule has 1 aromatic carbocycles. The van der Waals surface area contributed by atoms with Gasteiger partial charge in [0.05, 0.1) is 0 Å². The lowest BCUT2D eigenvalue weighted by atomic mass is 9.89. The van der Waals surface area contributed by atoms with Crippen molar-refractivity contribution < 1.29 is 0 Å². The molecule has 1 saturated heterocycles. The molecule has 1 N–H and O–H groups in total. The number of benzene rings is 1. The molecule has 1 heterocycles. The third-order valence-corrected chi connectivity index (χ3v) is 6.15. The largest absolute Gasteiger partial charge is 0.319 e. The normalized spacial score (nSPS) is 24.6. The van der Waals surface area contributed by atoms with Crippen molar-refractivity contribution >= 4 is 31.9 Å². The molecule has 0 amide bonds. The van der Waals surface area contributed by atoms with E-state index in [1.54, 1.807) is 0 Å². The Morgan fingerprint density at radius 3 is 2.70 bits per heavy atom. The SMILES string of the molecule is CCN1CCCCC(CNC)C1c1ccc(Br)c(Br)c1. The Hall–Kier alpha value is 0.1000. The monoisotopic (exact) mass is 402 g/mol. The van der Waals surface area contributed by atoms with E-state index in [1.165, 1.54) is 31.4 Å². The molecular weight excluding hydrogens is 380 g/mol. The number of hydrogen-bond donors (Lipinski definition) is 1. The van der Waals surface area contributed by atoms with Crippen LogP contribution >= 0.6 is 31.9 Å². The van der Waals surface area contributed by atoms with Crippen LogP contribution in [0.1, 0.15) is 37.8 Å². The van der Waals surface area contributed by atoms with Gasteiger partial charge in [0, 0.05) is 15.0 Å². The van der Waals surface area contributed by atoms with E-state index in [0.29, 0.717) is 12.0 Å². The van der Waals surface area contributed by atoms with Crippen molar-refractivity contribution in [2.75, 3.05) is 26.7 Å². The first-order valence-corrected chi connectivity index (χ1v) is 9.09. The maximum Gasteiger partial charge on any atom is 0.0388 e. The minimum atomic E-state index is 0.527. The second kappa shape index (κ2) is 7.92.